The molecule has 0 aromatic carbocycles. The minimum Gasteiger partial charge on any atom is -0.387 e. The summed E-state index contributed by atoms with van der Waals surface area (Å²) >= 11 is 0. The number of hydrogen-bond donors (Lipinski definition) is 3. The lowest BCUT2D eigenvalue weighted by atomic mass is 10.0. The Labute approximate surface area is 203 Å². The number of nitrogens with zero attached hydrogens (tertiary/aromatic N) is 1. The van der Waals surface area contributed by atoms with Crippen LogP contribution in [0.1, 0.15) is 109 Å². The van der Waals surface area contributed by atoms with E-state index in [1.54, 1.807) is 0 Å². The molecule has 0 unspecified atom stereocenters. The molecule has 4 atom stereocenters. The second kappa shape index (κ2) is 17.0. The third kappa shape index (κ3) is 10.4. The van der Waals surface area contributed by atoms with Gasteiger partial charge in [-0.1, -0.05) is 96.8 Å². The Morgan fingerprint density at radius 3 is 2.00 bits per heavy atom. The lowest BCUT2D eigenvalue weighted by Crippen LogP contribution is -2.37. The second-order valence-electron chi connectivity index (χ2n) is 9.67. The molecule has 0 bridgehead atoms. The molecule has 0 saturated carbocycles. The molecule has 3 N–H and O–H groups in total. The van der Waals surface area contributed by atoms with Crippen molar-refractivity contribution >= 4 is 0 Å². The van der Waals surface area contributed by atoms with Crippen molar-refractivity contribution in [2.75, 3.05) is 13.1 Å². The molecular weight excluding hydrogens is 437 g/mol. The van der Waals surface area contributed by atoms with Crippen LogP contribution in [0.5, 0.6) is 0 Å². The average molecular weight is 484 g/mol. The van der Waals surface area contributed by atoms with E-state index >= 15 is 0 Å². The van der Waals surface area contributed by atoms with Gasteiger partial charge in [0.15, 0.2) is 12.4 Å². The number of H-pyrrole nitrogens is 1. The minimum atomic E-state index is -1.74. The molecule has 1 aliphatic rings. The van der Waals surface area contributed by atoms with E-state index in [2.05, 4.69) is 17.2 Å². The Balaban J connectivity index is 1.44. The van der Waals surface area contributed by atoms with Gasteiger partial charge in [-0.05, 0) is 13.0 Å². The number of hydrogen-bond acceptors (Lipinski definition) is 5. The largest absolute Gasteiger partial charge is 0.387 e. The van der Waals surface area contributed by atoms with Gasteiger partial charge >= 0.3 is 5.69 Å². The zero-order valence-electron chi connectivity index (χ0n) is 21.0. The third-order valence-corrected chi connectivity index (χ3v) is 6.72. The predicted octanol–water partition coefficient (Wildman–Crippen LogP) is 4.59. The molecule has 8 heteroatoms. The fourth-order valence-electron chi connectivity index (χ4n) is 4.59. The molecule has 7 nitrogen and oxygen atoms in total. The van der Waals surface area contributed by atoms with Gasteiger partial charge in [0.1, 0.15) is 12.2 Å². The van der Waals surface area contributed by atoms with Gasteiger partial charge in [-0.25, -0.2) is 9.18 Å². The van der Waals surface area contributed by atoms with Gasteiger partial charge in [0.2, 0.25) is 0 Å². The molecule has 2 rings (SSSR count). The van der Waals surface area contributed by atoms with Crippen LogP contribution in [0.2, 0.25) is 0 Å². The first-order valence-corrected chi connectivity index (χ1v) is 13.5. The fourth-order valence-corrected chi connectivity index (χ4v) is 4.59. The Morgan fingerprint density at radius 1 is 0.941 bits per heavy atom. The molecule has 0 spiro atoms. The van der Waals surface area contributed by atoms with Crippen molar-refractivity contribution < 1.29 is 14.2 Å². The molecule has 0 amide bonds. The summed E-state index contributed by atoms with van der Waals surface area (Å²) < 4.78 is 21.0. The predicted molar refractivity (Wildman–Crippen MR) is 134 cm³/mol. The molecule has 2 heterocycles. The summed E-state index contributed by atoms with van der Waals surface area (Å²) in [7, 11) is 0. The van der Waals surface area contributed by atoms with Crippen LogP contribution < -0.4 is 16.6 Å². The molecular formula is C26H46FN3O4. The first kappa shape index (κ1) is 28.7. The van der Waals surface area contributed by atoms with E-state index in [0.717, 1.165) is 30.0 Å². The van der Waals surface area contributed by atoms with E-state index in [1.807, 2.05) is 0 Å². The summed E-state index contributed by atoms with van der Waals surface area (Å²) in [6.07, 6.45) is 16.0. The minimum absolute atomic E-state index is 0.314. The Hall–Kier alpha value is -1.51. The van der Waals surface area contributed by atoms with Gasteiger partial charge in [-0.15, -0.1) is 0 Å². The van der Waals surface area contributed by atoms with Crippen LogP contribution in [-0.4, -0.2) is 46.1 Å². The molecule has 1 aromatic rings. The zero-order valence-corrected chi connectivity index (χ0v) is 21.0. The Kier molecular flexibility index (Phi) is 14.4. The van der Waals surface area contributed by atoms with E-state index in [9.17, 15) is 19.1 Å². The number of aromatic nitrogens is 2. The van der Waals surface area contributed by atoms with E-state index < -0.39 is 35.9 Å². The number of ether oxygens (including phenoxy) is 1. The highest BCUT2D eigenvalue weighted by atomic mass is 19.1. The van der Waals surface area contributed by atoms with Crippen molar-refractivity contribution in [1.82, 2.24) is 14.9 Å². The van der Waals surface area contributed by atoms with Crippen molar-refractivity contribution in [3.63, 3.8) is 0 Å². The van der Waals surface area contributed by atoms with E-state index in [4.69, 9.17) is 4.74 Å². The van der Waals surface area contributed by atoms with Crippen LogP contribution >= 0.6 is 0 Å². The number of nitrogens with one attached hydrogen (secondary N) is 2. The van der Waals surface area contributed by atoms with Gasteiger partial charge in [0.05, 0.1) is 0 Å². The van der Waals surface area contributed by atoms with Crippen molar-refractivity contribution in [3.8, 4) is 0 Å². The maximum Gasteiger partial charge on any atom is 0.330 e. The Bertz CT molecular complexity index is 769. The van der Waals surface area contributed by atoms with Crippen LogP contribution in [0.15, 0.2) is 21.9 Å². The molecule has 1 saturated heterocycles. The first-order valence-electron chi connectivity index (χ1n) is 13.5. The fraction of sp³-hybridized carbons (Fsp3) is 0.846. The van der Waals surface area contributed by atoms with Gasteiger partial charge < -0.3 is 15.2 Å². The van der Waals surface area contributed by atoms with Crippen LogP contribution in [0.3, 0.4) is 0 Å². The molecule has 0 radical (unpaired) electrons. The maximum absolute atomic E-state index is 14.5. The van der Waals surface area contributed by atoms with Gasteiger partial charge in [-0.3, -0.25) is 14.3 Å². The summed E-state index contributed by atoms with van der Waals surface area (Å²) in [5.41, 5.74) is -1.31. The number of unbranched alkanes of at least 4 members (excludes halogenated alkanes) is 14. The van der Waals surface area contributed by atoms with Gasteiger partial charge in [0.25, 0.3) is 5.56 Å². The molecule has 34 heavy (non-hydrogen) atoms. The standard InChI is InChI=1S/C26H46FN3O4/c1-2-3-4-5-6-7-8-9-10-11-12-13-14-15-16-18-28-20-21-24(32)23(27)25(34-21)30-19-17-22(31)29-26(30)33/h17,19,21,23-25,28,32H,2-16,18,20H2,1H3,(H,29,31,33)/t21-,23-,24-,25-/m1/s1. The molecule has 0 aliphatic carbocycles. The van der Waals surface area contributed by atoms with Crippen LogP contribution in [0, 0.1) is 0 Å². The number of rotatable bonds is 19. The second-order valence-corrected chi connectivity index (χ2v) is 9.67. The summed E-state index contributed by atoms with van der Waals surface area (Å²) in [4.78, 5) is 25.1. The summed E-state index contributed by atoms with van der Waals surface area (Å²) in [5.74, 6) is 0. The monoisotopic (exact) mass is 483 g/mol. The summed E-state index contributed by atoms with van der Waals surface area (Å²) in [5, 5.41) is 13.4. The van der Waals surface area contributed by atoms with Crippen molar-refractivity contribution in [2.24, 2.45) is 0 Å². The SMILES string of the molecule is CCCCCCCCCCCCCCCCCNC[C@H]1O[C@@H](n2ccc(=O)[nH]c2=O)[C@H](F)[C@@H]1O. The maximum atomic E-state index is 14.5. The molecule has 196 valence electrons. The number of aliphatic hydroxyl groups is 1. The third-order valence-electron chi connectivity index (χ3n) is 6.72. The molecule has 1 fully saturated rings. The quantitative estimate of drug-likeness (QED) is 0.250. The summed E-state index contributed by atoms with van der Waals surface area (Å²) in [6, 6.07) is 1.13. The van der Waals surface area contributed by atoms with Crippen molar-refractivity contribution in [2.45, 2.75) is 128 Å². The van der Waals surface area contributed by atoms with Crippen LogP contribution in [0.25, 0.3) is 0 Å². The van der Waals surface area contributed by atoms with Crippen LogP contribution in [-0.2, 0) is 4.74 Å². The van der Waals surface area contributed by atoms with Crippen molar-refractivity contribution in [1.29, 1.82) is 0 Å². The number of aromatic amines is 1. The topological polar surface area (TPSA) is 96.4 Å². The summed E-state index contributed by atoms with van der Waals surface area (Å²) in [6.45, 7) is 3.36. The normalized spacial score (nSPS) is 22.4. The van der Waals surface area contributed by atoms with E-state index in [0.29, 0.717) is 6.54 Å². The van der Waals surface area contributed by atoms with Gasteiger partial charge in [-0.2, -0.15) is 0 Å². The molecule has 1 aliphatic heterocycles. The average Bonchev–Trinajstić information content (AvgIpc) is 3.09. The first-order chi connectivity index (χ1) is 16.5. The molecule has 1 aromatic heterocycles. The Morgan fingerprint density at radius 2 is 1.47 bits per heavy atom. The van der Waals surface area contributed by atoms with E-state index in [-0.39, 0.29) is 0 Å². The van der Waals surface area contributed by atoms with Crippen molar-refractivity contribution in [3.05, 3.63) is 33.1 Å². The van der Waals surface area contributed by atoms with Crippen LogP contribution in [0.4, 0.5) is 4.39 Å². The van der Waals surface area contributed by atoms with E-state index in [1.165, 1.54) is 89.7 Å². The lowest BCUT2D eigenvalue weighted by molar-refractivity contribution is -0.0258. The zero-order chi connectivity index (χ0) is 24.6. The number of aliphatic hydroxyl groups excluding tert-OH is 1. The smallest absolute Gasteiger partial charge is 0.330 e. The highest BCUT2D eigenvalue weighted by Crippen LogP contribution is 2.30. The highest BCUT2D eigenvalue weighted by molar-refractivity contribution is 4.94. The highest BCUT2D eigenvalue weighted by Gasteiger charge is 2.45. The lowest BCUT2D eigenvalue weighted by Gasteiger charge is -2.16. The number of halogens is 1. The van der Waals surface area contributed by atoms with Gasteiger partial charge in [0, 0.05) is 18.8 Å². The number of alkyl halides is 1.